The van der Waals surface area contributed by atoms with Gasteiger partial charge in [0.1, 0.15) is 23.7 Å². The van der Waals surface area contributed by atoms with Crippen LogP contribution in [0.1, 0.15) is 104 Å². The Hall–Kier alpha value is -5.74. The maximum atomic E-state index is 14.2. The standard InChI is InChI=1S/C49H58N8O8/c1-62-48(60)54-42(30-11-15-64-16-12-30)46(58)56-38-19-32(38)21-40(56)44-50-24-36(52-44)28-7-3-26(4-8-28)34-23-35(34)27-5-9-29(10-6-27)37-25-51-45(53-37)41-22-33-20-39(33)57(41)47(59)43(55-49(61)63-2)31-13-17-65-18-14-31/h3-10,24-25,30-35,38-43H,11-23H2,1-2H3,(H,50,52)(H,51,53)(H,54,60)(H,55,61)/t32-,33-,34-,35-,38-,39-,40+,41+,42+,43+/m1/s1. The molecule has 0 bridgehead atoms. The maximum absolute atomic E-state index is 14.2. The van der Waals surface area contributed by atoms with Gasteiger partial charge in [0, 0.05) is 38.5 Å². The summed E-state index contributed by atoms with van der Waals surface area (Å²) in [6.45, 7) is 2.29. The van der Waals surface area contributed by atoms with E-state index < -0.39 is 24.3 Å². The van der Waals surface area contributed by atoms with Gasteiger partial charge in [0.2, 0.25) is 11.8 Å². The lowest BCUT2D eigenvalue weighted by Gasteiger charge is -2.35. The second-order valence-electron chi connectivity index (χ2n) is 19.3. The Bertz CT molecular complexity index is 2240. The molecule has 4 amide bonds. The van der Waals surface area contributed by atoms with Crippen LogP contribution < -0.4 is 10.6 Å². The molecule has 11 rings (SSSR count). The predicted octanol–water partition coefficient (Wildman–Crippen LogP) is 6.36. The van der Waals surface area contributed by atoms with Crippen molar-refractivity contribution >= 4 is 24.0 Å². The molecule has 2 aromatic heterocycles. The van der Waals surface area contributed by atoms with Crippen LogP contribution >= 0.6 is 0 Å². The van der Waals surface area contributed by atoms with Gasteiger partial charge in [-0.3, -0.25) is 9.59 Å². The van der Waals surface area contributed by atoms with Gasteiger partial charge in [-0.15, -0.1) is 0 Å². The lowest BCUT2D eigenvalue weighted by Crippen LogP contribution is -2.54. The third-order valence-corrected chi connectivity index (χ3v) is 15.6. The Kier molecular flexibility index (Phi) is 11.1. The highest BCUT2D eigenvalue weighted by molar-refractivity contribution is 5.88. The van der Waals surface area contributed by atoms with Gasteiger partial charge in [0.05, 0.1) is 50.1 Å². The molecule has 4 aliphatic heterocycles. The molecule has 65 heavy (non-hydrogen) atoms. The molecule has 4 saturated heterocycles. The lowest BCUT2D eigenvalue weighted by atomic mass is 9.90. The summed E-state index contributed by atoms with van der Waals surface area (Å²) >= 11 is 0. The summed E-state index contributed by atoms with van der Waals surface area (Å²) in [4.78, 5) is 73.9. The van der Waals surface area contributed by atoms with Crippen molar-refractivity contribution < 1.29 is 38.1 Å². The first-order valence-corrected chi connectivity index (χ1v) is 23.6. The number of methoxy groups -OCH3 is 2. The van der Waals surface area contributed by atoms with E-state index in [1.54, 1.807) is 0 Å². The number of carbonyl (C=O) groups excluding carboxylic acids is 4. The molecule has 7 aliphatic rings. The van der Waals surface area contributed by atoms with Gasteiger partial charge in [-0.2, -0.15) is 0 Å². The topological polar surface area (TPSA) is 193 Å². The van der Waals surface area contributed by atoms with Crippen molar-refractivity contribution in [3.05, 3.63) is 83.7 Å². The number of rotatable bonds is 12. The monoisotopic (exact) mass is 886 g/mol. The average Bonchev–Trinajstić information content (AvgIpc) is 4.28. The molecule has 4 aromatic rings. The number of piperidine rings is 2. The zero-order chi connectivity index (χ0) is 44.3. The molecule has 10 atom stereocenters. The van der Waals surface area contributed by atoms with Crippen LogP contribution in [0, 0.1) is 23.7 Å². The first-order chi connectivity index (χ1) is 31.8. The summed E-state index contributed by atoms with van der Waals surface area (Å²) in [6, 6.07) is 16.2. The van der Waals surface area contributed by atoms with E-state index in [1.807, 2.05) is 22.2 Å². The lowest BCUT2D eigenvalue weighted by molar-refractivity contribution is -0.138. The molecule has 0 spiro atoms. The van der Waals surface area contributed by atoms with Crippen molar-refractivity contribution in [2.24, 2.45) is 23.7 Å². The van der Waals surface area contributed by atoms with Crippen LogP contribution in [0.3, 0.4) is 0 Å². The van der Waals surface area contributed by atoms with Crippen LogP contribution in [0.4, 0.5) is 9.59 Å². The predicted molar refractivity (Wildman–Crippen MR) is 236 cm³/mol. The zero-order valence-corrected chi connectivity index (χ0v) is 36.9. The molecule has 16 nitrogen and oxygen atoms in total. The third-order valence-electron chi connectivity index (χ3n) is 15.6. The number of ether oxygens (including phenoxy) is 4. The number of nitrogens with zero attached hydrogens (tertiary/aromatic N) is 4. The quantitative estimate of drug-likeness (QED) is 0.124. The molecule has 6 heterocycles. The largest absolute Gasteiger partial charge is 0.453 e. The van der Waals surface area contributed by atoms with E-state index in [0.29, 0.717) is 75.8 Å². The van der Waals surface area contributed by atoms with Crippen LogP contribution in [-0.2, 0) is 28.5 Å². The van der Waals surface area contributed by atoms with E-state index in [1.165, 1.54) is 25.3 Å². The molecular weight excluding hydrogens is 829 g/mol. The number of alkyl carbamates (subject to hydrolysis) is 2. The number of carbonyl (C=O) groups is 4. The maximum Gasteiger partial charge on any atom is 0.407 e. The number of fused-ring (bicyclic) bond motifs is 2. The first kappa shape index (κ1) is 41.9. The van der Waals surface area contributed by atoms with Crippen molar-refractivity contribution in [2.75, 3.05) is 40.6 Å². The number of nitrogens with one attached hydrogen (secondary N) is 4. The Morgan fingerprint density at radius 1 is 0.600 bits per heavy atom. The van der Waals surface area contributed by atoms with Crippen LogP contribution in [0.5, 0.6) is 0 Å². The van der Waals surface area contributed by atoms with E-state index in [-0.39, 0.29) is 47.8 Å². The number of H-pyrrole nitrogens is 2. The normalized spacial score (nSPS) is 29.0. The van der Waals surface area contributed by atoms with E-state index in [4.69, 9.17) is 28.9 Å². The number of aromatic nitrogens is 4. The molecule has 3 saturated carbocycles. The van der Waals surface area contributed by atoms with Gasteiger partial charge in [-0.25, -0.2) is 19.6 Å². The Balaban J connectivity index is 0.725. The molecule has 342 valence electrons. The Morgan fingerprint density at radius 3 is 1.38 bits per heavy atom. The first-order valence-electron chi connectivity index (χ1n) is 23.6. The van der Waals surface area contributed by atoms with E-state index in [9.17, 15) is 19.2 Å². The number of benzene rings is 2. The summed E-state index contributed by atoms with van der Waals surface area (Å²) < 4.78 is 21.0. The molecule has 7 fully saturated rings. The minimum atomic E-state index is -0.663. The summed E-state index contributed by atoms with van der Waals surface area (Å²) in [5, 5.41) is 5.72. The fraction of sp³-hybridized carbons (Fsp3) is 0.551. The van der Waals surface area contributed by atoms with Gasteiger partial charge in [0.25, 0.3) is 0 Å². The Labute approximate surface area is 377 Å². The van der Waals surface area contributed by atoms with Crippen molar-refractivity contribution in [3.63, 3.8) is 0 Å². The minimum absolute atomic E-state index is 0.0115. The van der Waals surface area contributed by atoms with E-state index in [0.717, 1.165) is 66.3 Å². The summed E-state index contributed by atoms with van der Waals surface area (Å²) in [5.74, 6) is 3.19. The minimum Gasteiger partial charge on any atom is -0.453 e. The summed E-state index contributed by atoms with van der Waals surface area (Å²) in [6.07, 6.45) is 10.1. The van der Waals surface area contributed by atoms with Crippen molar-refractivity contribution in [1.29, 1.82) is 0 Å². The van der Waals surface area contributed by atoms with Gasteiger partial charge < -0.3 is 49.3 Å². The van der Waals surface area contributed by atoms with Gasteiger partial charge in [-0.05, 0) is 116 Å². The average molecular weight is 887 g/mol. The number of hydrogen-bond donors (Lipinski definition) is 4. The van der Waals surface area contributed by atoms with E-state index >= 15 is 0 Å². The highest BCUT2D eigenvalue weighted by Gasteiger charge is 2.58. The van der Waals surface area contributed by atoms with Gasteiger partial charge in [0.15, 0.2) is 0 Å². The molecule has 2 aromatic carbocycles. The highest BCUT2D eigenvalue weighted by Crippen LogP contribution is 2.56. The van der Waals surface area contributed by atoms with Crippen molar-refractivity contribution in [3.8, 4) is 22.5 Å². The number of likely N-dealkylation sites (tertiary alicyclic amines) is 2. The van der Waals surface area contributed by atoms with E-state index in [2.05, 4.69) is 69.1 Å². The molecule has 3 aliphatic carbocycles. The second-order valence-corrected chi connectivity index (χ2v) is 19.3. The second kappa shape index (κ2) is 17.2. The van der Waals surface area contributed by atoms with Crippen LogP contribution in [-0.4, -0.2) is 119 Å². The van der Waals surface area contributed by atoms with Crippen molar-refractivity contribution in [1.82, 2.24) is 40.4 Å². The fourth-order valence-electron chi connectivity index (χ4n) is 11.6. The van der Waals surface area contributed by atoms with Crippen LogP contribution in [0.15, 0.2) is 60.9 Å². The number of amides is 4. The summed E-state index contributed by atoms with van der Waals surface area (Å²) in [7, 11) is 2.65. The zero-order valence-electron chi connectivity index (χ0n) is 36.9. The smallest absolute Gasteiger partial charge is 0.407 e. The van der Waals surface area contributed by atoms with Gasteiger partial charge >= 0.3 is 12.2 Å². The molecule has 0 radical (unpaired) electrons. The number of hydrogen-bond acceptors (Lipinski definition) is 10. The number of imidazole rings is 2. The van der Waals surface area contributed by atoms with Crippen LogP contribution in [0.2, 0.25) is 0 Å². The molecule has 16 heteroatoms. The molecule has 4 N–H and O–H groups in total. The molecular formula is C49H58N8O8. The highest BCUT2D eigenvalue weighted by atomic mass is 16.5. The SMILES string of the molecule is COC(=O)N[C@H](C(=O)N1[C@@H]2C[C@@H]2C[C@H]1c1ncc(-c2ccc([C@H]3C[C@@H]3c3ccc(-c4cnc([C@@H]5C[C@H]6C[C@H]6N5C(=O)[C@@H](NC(=O)OC)C5CCOCC5)[nH]4)cc3)cc2)[nH]1)C1CCOCC1. The Morgan fingerprint density at radius 2 is 1.00 bits per heavy atom. The van der Waals surface area contributed by atoms with Gasteiger partial charge in [-0.1, -0.05) is 48.5 Å². The fourth-order valence-corrected chi connectivity index (χ4v) is 11.6. The molecule has 0 unspecified atom stereocenters. The third kappa shape index (κ3) is 8.17. The summed E-state index contributed by atoms with van der Waals surface area (Å²) in [5.41, 5.74) is 6.52. The van der Waals surface area contributed by atoms with Crippen LogP contribution in [0.25, 0.3) is 22.5 Å². The number of aromatic amines is 2. The van der Waals surface area contributed by atoms with Crippen molar-refractivity contribution in [2.45, 2.75) is 106 Å².